The lowest BCUT2D eigenvalue weighted by molar-refractivity contribution is 0.732. The summed E-state index contributed by atoms with van der Waals surface area (Å²) >= 11 is 3.41. The van der Waals surface area contributed by atoms with Gasteiger partial charge in [-0.2, -0.15) is 0 Å². The summed E-state index contributed by atoms with van der Waals surface area (Å²) in [5, 5.41) is 11.4. The van der Waals surface area contributed by atoms with Crippen molar-refractivity contribution >= 4 is 39.6 Å². The molecular formula is C19H22N6S2. The van der Waals surface area contributed by atoms with Crippen LogP contribution in [-0.2, 0) is 13.0 Å². The maximum absolute atomic E-state index is 4.87. The normalized spacial score (nSPS) is 14.1. The highest BCUT2D eigenvalue weighted by Crippen LogP contribution is 2.29. The Morgan fingerprint density at radius 3 is 3.00 bits per heavy atom. The van der Waals surface area contributed by atoms with Crippen molar-refractivity contribution in [3.63, 3.8) is 0 Å². The van der Waals surface area contributed by atoms with Crippen molar-refractivity contribution in [1.82, 2.24) is 15.3 Å². The Balaban J connectivity index is 1.52. The minimum absolute atomic E-state index is 0.722. The molecule has 0 aromatic carbocycles. The van der Waals surface area contributed by atoms with Gasteiger partial charge in [-0.3, -0.25) is 4.99 Å². The number of thiophene rings is 1. The standard InChI is InChI=1S/C19H22N6S2/c1-3-21-18(20-2)24-19-23-15(12-27-19)14-5-4-6-17(22-14)25-9-7-16-13(11-25)8-10-26-16/h4-6,8,10,12H,3,7,9,11H2,1-2H3,(H2,20,21,23,24). The van der Waals surface area contributed by atoms with Gasteiger partial charge in [-0.05, 0) is 42.5 Å². The van der Waals surface area contributed by atoms with Gasteiger partial charge in [0.15, 0.2) is 11.1 Å². The fourth-order valence-electron chi connectivity index (χ4n) is 3.08. The summed E-state index contributed by atoms with van der Waals surface area (Å²) < 4.78 is 0. The van der Waals surface area contributed by atoms with E-state index in [0.29, 0.717) is 0 Å². The fourth-order valence-corrected chi connectivity index (χ4v) is 4.68. The van der Waals surface area contributed by atoms with E-state index in [0.717, 1.165) is 54.4 Å². The van der Waals surface area contributed by atoms with Crippen molar-refractivity contribution in [3.05, 3.63) is 45.5 Å². The zero-order valence-electron chi connectivity index (χ0n) is 15.4. The largest absolute Gasteiger partial charge is 0.356 e. The molecule has 0 amide bonds. The third-order valence-electron chi connectivity index (χ3n) is 4.43. The van der Waals surface area contributed by atoms with Crippen molar-refractivity contribution in [2.24, 2.45) is 4.99 Å². The van der Waals surface area contributed by atoms with Gasteiger partial charge in [0.05, 0.1) is 5.69 Å². The van der Waals surface area contributed by atoms with E-state index in [9.17, 15) is 0 Å². The van der Waals surface area contributed by atoms with Crippen LogP contribution in [-0.4, -0.2) is 36.1 Å². The van der Waals surface area contributed by atoms with Crippen LogP contribution in [0.1, 0.15) is 17.4 Å². The van der Waals surface area contributed by atoms with Gasteiger partial charge in [-0.1, -0.05) is 6.07 Å². The van der Waals surface area contributed by atoms with Gasteiger partial charge in [-0.25, -0.2) is 9.97 Å². The Morgan fingerprint density at radius 1 is 1.22 bits per heavy atom. The number of rotatable bonds is 4. The summed E-state index contributed by atoms with van der Waals surface area (Å²) in [6, 6.07) is 8.39. The predicted octanol–water partition coefficient (Wildman–Crippen LogP) is 3.84. The molecule has 0 unspecified atom stereocenters. The predicted molar refractivity (Wildman–Crippen MR) is 115 cm³/mol. The monoisotopic (exact) mass is 398 g/mol. The highest BCUT2D eigenvalue weighted by atomic mass is 32.1. The molecule has 1 aliphatic heterocycles. The van der Waals surface area contributed by atoms with E-state index >= 15 is 0 Å². The van der Waals surface area contributed by atoms with Gasteiger partial charge in [0, 0.05) is 36.9 Å². The van der Waals surface area contributed by atoms with Crippen LogP contribution in [0, 0.1) is 0 Å². The number of aliphatic imine (C=N–C) groups is 1. The average molecular weight is 399 g/mol. The second kappa shape index (κ2) is 8.06. The highest BCUT2D eigenvalue weighted by Gasteiger charge is 2.19. The van der Waals surface area contributed by atoms with E-state index in [4.69, 9.17) is 4.98 Å². The van der Waals surface area contributed by atoms with Crippen LogP contribution in [0.3, 0.4) is 0 Å². The molecule has 0 fully saturated rings. The smallest absolute Gasteiger partial charge is 0.197 e. The molecular weight excluding hydrogens is 376 g/mol. The molecule has 0 saturated heterocycles. The Bertz CT molecular complexity index is 945. The van der Waals surface area contributed by atoms with Crippen molar-refractivity contribution in [3.8, 4) is 11.4 Å². The van der Waals surface area contributed by atoms with Crippen LogP contribution in [0.4, 0.5) is 10.9 Å². The maximum atomic E-state index is 4.87. The first-order valence-corrected chi connectivity index (χ1v) is 10.7. The van der Waals surface area contributed by atoms with Gasteiger partial charge in [0.2, 0.25) is 0 Å². The number of aromatic nitrogens is 2. The molecule has 0 saturated carbocycles. The molecule has 27 heavy (non-hydrogen) atoms. The summed E-state index contributed by atoms with van der Waals surface area (Å²) in [6.07, 6.45) is 1.09. The minimum atomic E-state index is 0.722. The number of fused-ring (bicyclic) bond motifs is 1. The molecule has 0 spiro atoms. The molecule has 3 aromatic rings. The maximum Gasteiger partial charge on any atom is 0.197 e. The van der Waals surface area contributed by atoms with Crippen LogP contribution in [0.15, 0.2) is 40.0 Å². The van der Waals surface area contributed by atoms with Gasteiger partial charge in [-0.15, -0.1) is 22.7 Å². The summed E-state index contributed by atoms with van der Waals surface area (Å²) in [6.45, 7) is 4.78. The molecule has 0 atom stereocenters. The number of pyridine rings is 1. The van der Waals surface area contributed by atoms with Gasteiger partial charge < -0.3 is 15.5 Å². The van der Waals surface area contributed by atoms with Crippen LogP contribution in [0.2, 0.25) is 0 Å². The Morgan fingerprint density at radius 2 is 2.15 bits per heavy atom. The summed E-state index contributed by atoms with van der Waals surface area (Å²) in [4.78, 5) is 17.6. The summed E-state index contributed by atoms with van der Waals surface area (Å²) in [5.41, 5.74) is 3.20. The number of guanidine groups is 1. The number of hydrogen-bond acceptors (Lipinski definition) is 6. The van der Waals surface area contributed by atoms with E-state index < -0.39 is 0 Å². The SMILES string of the molecule is CCNC(=NC)Nc1nc(-c2cccc(N3CCc4sccc4C3)n2)cs1. The average Bonchev–Trinajstić information content (AvgIpc) is 3.36. The number of nitrogens with one attached hydrogen (secondary N) is 2. The second-order valence-electron chi connectivity index (χ2n) is 6.19. The lowest BCUT2D eigenvalue weighted by Gasteiger charge is -2.28. The van der Waals surface area contributed by atoms with E-state index in [1.807, 2.05) is 29.7 Å². The Labute approximate surface area is 167 Å². The van der Waals surface area contributed by atoms with Crippen LogP contribution in [0.25, 0.3) is 11.4 Å². The summed E-state index contributed by atoms with van der Waals surface area (Å²) in [7, 11) is 1.75. The molecule has 3 aromatic heterocycles. The van der Waals surface area contributed by atoms with Crippen LogP contribution < -0.4 is 15.5 Å². The molecule has 1 aliphatic rings. The molecule has 8 heteroatoms. The molecule has 0 bridgehead atoms. The topological polar surface area (TPSA) is 65.4 Å². The van der Waals surface area contributed by atoms with Crippen molar-refractivity contribution in [1.29, 1.82) is 0 Å². The van der Waals surface area contributed by atoms with Crippen molar-refractivity contribution in [2.45, 2.75) is 19.9 Å². The van der Waals surface area contributed by atoms with E-state index in [1.165, 1.54) is 10.4 Å². The van der Waals surface area contributed by atoms with Gasteiger partial charge in [0.25, 0.3) is 0 Å². The molecule has 4 rings (SSSR count). The first-order chi connectivity index (χ1) is 13.3. The minimum Gasteiger partial charge on any atom is -0.356 e. The number of anilines is 2. The van der Waals surface area contributed by atoms with Gasteiger partial charge in [0.1, 0.15) is 11.5 Å². The first kappa shape index (κ1) is 17.9. The zero-order chi connectivity index (χ0) is 18.6. The number of nitrogens with zero attached hydrogens (tertiary/aromatic N) is 4. The Kier molecular flexibility index (Phi) is 5.35. The highest BCUT2D eigenvalue weighted by molar-refractivity contribution is 7.14. The third kappa shape index (κ3) is 3.96. The molecule has 4 heterocycles. The lowest BCUT2D eigenvalue weighted by Crippen LogP contribution is -2.30. The number of hydrogen-bond donors (Lipinski definition) is 2. The molecule has 2 N–H and O–H groups in total. The molecule has 6 nitrogen and oxygen atoms in total. The van der Waals surface area contributed by atoms with Crippen molar-refractivity contribution in [2.75, 3.05) is 30.4 Å². The molecule has 0 aliphatic carbocycles. The third-order valence-corrected chi connectivity index (χ3v) is 6.21. The first-order valence-electron chi connectivity index (χ1n) is 8.97. The van der Waals surface area contributed by atoms with Crippen LogP contribution in [0.5, 0.6) is 0 Å². The zero-order valence-corrected chi connectivity index (χ0v) is 17.0. The second-order valence-corrected chi connectivity index (χ2v) is 8.05. The Hall–Kier alpha value is -2.45. The van der Waals surface area contributed by atoms with Crippen molar-refractivity contribution < 1.29 is 0 Å². The van der Waals surface area contributed by atoms with Gasteiger partial charge >= 0.3 is 0 Å². The lowest BCUT2D eigenvalue weighted by atomic mass is 10.1. The van der Waals surface area contributed by atoms with E-state index in [-0.39, 0.29) is 0 Å². The molecule has 0 radical (unpaired) electrons. The van der Waals surface area contributed by atoms with E-state index in [2.05, 4.69) is 49.1 Å². The van der Waals surface area contributed by atoms with Crippen LogP contribution >= 0.6 is 22.7 Å². The quantitative estimate of drug-likeness (QED) is 0.516. The molecule has 140 valence electrons. The summed E-state index contributed by atoms with van der Waals surface area (Å²) in [5.74, 6) is 1.73. The number of thiazole rings is 1. The van der Waals surface area contributed by atoms with E-state index in [1.54, 1.807) is 18.4 Å². The fraction of sp³-hybridized carbons (Fsp3) is 0.316.